The van der Waals surface area contributed by atoms with Crippen molar-refractivity contribution in [1.29, 1.82) is 0 Å². The average molecular weight is 295 g/mol. The zero-order valence-electron chi connectivity index (χ0n) is 12.0. The SMILES string of the molecule is CNC(CCC(F)(F)F)C1CCOC2(CCOCC2)C1. The van der Waals surface area contributed by atoms with Gasteiger partial charge in [-0.3, -0.25) is 0 Å². The van der Waals surface area contributed by atoms with Gasteiger partial charge in [0, 0.05) is 32.3 Å². The first kappa shape index (κ1) is 16.0. The zero-order chi connectivity index (χ0) is 14.6. The molecule has 0 aliphatic carbocycles. The van der Waals surface area contributed by atoms with E-state index in [4.69, 9.17) is 9.47 Å². The second kappa shape index (κ2) is 6.62. The largest absolute Gasteiger partial charge is 0.389 e. The van der Waals surface area contributed by atoms with Crippen molar-refractivity contribution in [3.8, 4) is 0 Å². The van der Waals surface area contributed by atoms with Gasteiger partial charge in [-0.05, 0) is 45.1 Å². The second-order valence-electron chi connectivity index (χ2n) is 5.95. The lowest BCUT2D eigenvalue weighted by atomic mass is 9.77. The first-order valence-electron chi connectivity index (χ1n) is 7.40. The molecule has 0 amide bonds. The smallest absolute Gasteiger partial charge is 0.381 e. The van der Waals surface area contributed by atoms with Gasteiger partial charge in [0.15, 0.2) is 0 Å². The minimum atomic E-state index is -4.07. The molecule has 0 aromatic carbocycles. The molecule has 0 radical (unpaired) electrons. The highest BCUT2D eigenvalue weighted by molar-refractivity contribution is 4.92. The maximum absolute atomic E-state index is 12.4. The fourth-order valence-corrected chi connectivity index (χ4v) is 3.44. The fraction of sp³-hybridized carbons (Fsp3) is 1.00. The van der Waals surface area contributed by atoms with Gasteiger partial charge in [-0.2, -0.15) is 13.2 Å². The lowest BCUT2D eigenvalue weighted by Crippen LogP contribution is -2.49. The summed E-state index contributed by atoms with van der Waals surface area (Å²) in [5.41, 5.74) is -0.158. The Labute approximate surface area is 118 Å². The Kier molecular flexibility index (Phi) is 5.31. The molecule has 2 aliphatic heterocycles. The summed E-state index contributed by atoms with van der Waals surface area (Å²) >= 11 is 0. The van der Waals surface area contributed by atoms with E-state index >= 15 is 0 Å². The van der Waals surface area contributed by atoms with E-state index in [0.717, 1.165) is 25.7 Å². The van der Waals surface area contributed by atoms with Crippen LogP contribution in [0.5, 0.6) is 0 Å². The fourth-order valence-electron chi connectivity index (χ4n) is 3.44. The van der Waals surface area contributed by atoms with E-state index in [9.17, 15) is 13.2 Å². The van der Waals surface area contributed by atoms with Crippen LogP contribution in [0.25, 0.3) is 0 Å². The van der Waals surface area contributed by atoms with Crippen LogP contribution in [0.15, 0.2) is 0 Å². The van der Waals surface area contributed by atoms with Crippen molar-refractivity contribution in [3.05, 3.63) is 0 Å². The quantitative estimate of drug-likeness (QED) is 0.865. The van der Waals surface area contributed by atoms with Crippen molar-refractivity contribution in [2.45, 2.75) is 56.3 Å². The topological polar surface area (TPSA) is 30.5 Å². The highest BCUT2D eigenvalue weighted by Crippen LogP contribution is 2.39. The summed E-state index contributed by atoms with van der Waals surface area (Å²) in [6.45, 7) is 2.04. The van der Waals surface area contributed by atoms with Crippen LogP contribution in [-0.2, 0) is 9.47 Å². The summed E-state index contributed by atoms with van der Waals surface area (Å²) in [5, 5.41) is 3.08. The van der Waals surface area contributed by atoms with Crippen molar-refractivity contribution in [2.24, 2.45) is 5.92 Å². The van der Waals surface area contributed by atoms with Crippen molar-refractivity contribution in [3.63, 3.8) is 0 Å². The second-order valence-corrected chi connectivity index (χ2v) is 5.95. The monoisotopic (exact) mass is 295 g/mol. The van der Waals surface area contributed by atoms with Gasteiger partial charge in [-0.15, -0.1) is 0 Å². The van der Waals surface area contributed by atoms with Crippen molar-refractivity contribution in [2.75, 3.05) is 26.9 Å². The molecule has 6 heteroatoms. The standard InChI is InChI=1S/C14H24F3NO2/c1-18-12(2-4-14(15,16)17)11-3-7-20-13(10-11)5-8-19-9-6-13/h11-12,18H,2-10H2,1H3. The zero-order valence-corrected chi connectivity index (χ0v) is 12.0. The summed E-state index contributed by atoms with van der Waals surface area (Å²) in [7, 11) is 1.76. The first-order chi connectivity index (χ1) is 9.44. The van der Waals surface area contributed by atoms with Gasteiger partial charge in [0.25, 0.3) is 0 Å². The van der Waals surface area contributed by atoms with Crippen LogP contribution in [-0.4, -0.2) is 44.7 Å². The number of alkyl halides is 3. The highest BCUT2D eigenvalue weighted by Gasteiger charge is 2.41. The number of ether oxygens (including phenoxy) is 2. The molecule has 118 valence electrons. The maximum Gasteiger partial charge on any atom is 0.389 e. The molecular formula is C14H24F3NO2. The van der Waals surface area contributed by atoms with Gasteiger partial charge >= 0.3 is 6.18 Å². The van der Waals surface area contributed by atoms with Crippen molar-refractivity contribution >= 4 is 0 Å². The molecule has 0 bridgehead atoms. The van der Waals surface area contributed by atoms with Crippen LogP contribution in [0.3, 0.4) is 0 Å². The molecule has 2 atom stereocenters. The van der Waals surface area contributed by atoms with Crippen LogP contribution < -0.4 is 5.32 Å². The summed E-state index contributed by atoms with van der Waals surface area (Å²) in [4.78, 5) is 0. The van der Waals surface area contributed by atoms with E-state index < -0.39 is 12.6 Å². The molecule has 1 spiro atoms. The number of hydrogen-bond acceptors (Lipinski definition) is 3. The van der Waals surface area contributed by atoms with E-state index in [-0.39, 0.29) is 24.0 Å². The van der Waals surface area contributed by atoms with Crippen molar-refractivity contribution < 1.29 is 22.6 Å². The summed E-state index contributed by atoms with van der Waals surface area (Å²) in [5.74, 6) is 0.259. The Bertz CT molecular complexity index is 298. The number of rotatable bonds is 4. The number of hydrogen-bond donors (Lipinski definition) is 1. The highest BCUT2D eigenvalue weighted by atomic mass is 19.4. The molecule has 3 nitrogen and oxygen atoms in total. The van der Waals surface area contributed by atoms with Gasteiger partial charge < -0.3 is 14.8 Å². The van der Waals surface area contributed by atoms with Crippen molar-refractivity contribution in [1.82, 2.24) is 5.32 Å². The van der Waals surface area contributed by atoms with E-state index in [1.807, 2.05) is 0 Å². The predicted octanol–water partition coefficient (Wildman–Crippen LogP) is 2.89. The molecular weight excluding hydrogens is 271 g/mol. The molecule has 0 aromatic rings. The summed E-state index contributed by atoms with van der Waals surface area (Å²) in [6.07, 6.45) is -1.23. The van der Waals surface area contributed by atoms with Crippen LogP contribution >= 0.6 is 0 Å². The summed E-state index contributed by atoms with van der Waals surface area (Å²) < 4.78 is 48.5. The van der Waals surface area contributed by atoms with E-state index in [1.54, 1.807) is 7.05 Å². The van der Waals surface area contributed by atoms with E-state index in [1.165, 1.54) is 0 Å². The predicted molar refractivity (Wildman–Crippen MR) is 69.6 cm³/mol. The molecule has 1 N–H and O–H groups in total. The van der Waals surface area contributed by atoms with Gasteiger partial charge in [-0.1, -0.05) is 0 Å². The molecule has 2 aliphatic rings. The molecule has 2 heterocycles. The number of halogens is 3. The van der Waals surface area contributed by atoms with Gasteiger partial charge in [0.1, 0.15) is 0 Å². The third-order valence-corrected chi connectivity index (χ3v) is 4.61. The molecule has 2 fully saturated rings. The Morgan fingerprint density at radius 1 is 1.25 bits per heavy atom. The van der Waals surface area contributed by atoms with Crippen LogP contribution in [0, 0.1) is 5.92 Å². The molecule has 0 aromatic heterocycles. The third-order valence-electron chi connectivity index (χ3n) is 4.61. The molecule has 0 saturated carbocycles. The Morgan fingerprint density at radius 2 is 1.95 bits per heavy atom. The van der Waals surface area contributed by atoms with Crippen LogP contribution in [0.1, 0.15) is 38.5 Å². The average Bonchev–Trinajstić information content (AvgIpc) is 2.39. The van der Waals surface area contributed by atoms with E-state index in [0.29, 0.717) is 19.8 Å². The van der Waals surface area contributed by atoms with Crippen LogP contribution in [0.2, 0.25) is 0 Å². The molecule has 20 heavy (non-hydrogen) atoms. The van der Waals surface area contributed by atoms with Gasteiger partial charge in [0.2, 0.25) is 0 Å². The Hall–Kier alpha value is -0.330. The first-order valence-corrected chi connectivity index (χ1v) is 7.40. The van der Waals surface area contributed by atoms with E-state index in [2.05, 4.69) is 5.32 Å². The van der Waals surface area contributed by atoms with Crippen LogP contribution in [0.4, 0.5) is 13.2 Å². The molecule has 2 unspecified atom stereocenters. The number of nitrogens with one attached hydrogen (secondary N) is 1. The molecule has 2 rings (SSSR count). The maximum atomic E-state index is 12.4. The molecule has 2 saturated heterocycles. The summed E-state index contributed by atoms with van der Waals surface area (Å²) in [6, 6.07) is -0.0831. The third kappa shape index (κ3) is 4.33. The lowest BCUT2D eigenvalue weighted by Gasteiger charge is -2.45. The minimum absolute atomic E-state index is 0.0831. The Morgan fingerprint density at radius 3 is 2.55 bits per heavy atom. The minimum Gasteiger partial charge on any atom is -0.381 e. The van der Waals surface area contributed by atoms with Gasteiger partial charge in [0.05, 0.1) is 5.60 Å². The Balaban J connectivity index is 1.92. The normalized spacial score (nSPS) is 28.5. The lowest BCUT2D eigenvalue weighted by molar-refractivity contribution is -0.154. The van der Waals surface area contributed by atoms with Gasteiger partial charge in [-0.25, -0.2) is 0 Å².